The lowest BCUT2D eigenvalue weighted by atomic mass is 10.3. The number of anilines is 1. The molecule has 6 nitrogen and oxygen atoms in total. The second kappa shape index (κ2) is 5.05. The van der Waals surface area contributed by atoms with Gasteiger partial charge in [-0.3, -0.25) is 9.48 Å². The lowest BCUT2D eigenvalue weighted by Gasteiger charge is -1.96. The molecule has 2 heterocycles. The van der Waals surface area contributed by atoms with Crippen LogP contribution in [0.25, 0.3) is 11.4 Å². The minimum Gasteiger partial charge on any atom is -0.301 e. The zero-order valence-corrected chi connectivity index (χ0v) is 10.5. The van der Waals surface area contributed by atoms with Crippen LogP contribution in [0.3, 0.4) is 0 Å². The summed E-state index contributed by atoms with van der Waals surface area (Å²) in [4.78, 5) is 15.6. The van der Waals surface area contributed by atoms with E-state index in [0.717, 1.165) is 12.0 Å². The number of carbonyl (C=O) groups excluding carboxylic acids is 1. The van der Waals surface area contributed by atoms with Gasteiger partial charge >= 0.3 is 0 Å². The highest BCUT2D eigenvalue weighted by Gasteiger charge is 2.10. The molecule has 2 rings (SSSR count). The van der Waals surface area contributed by atoms with Gasteiger partial charge in [0.15, 0.2) is 5.82 Å². The van der Waals surface area contributed by atoms with E-state index in [2.05, 4.69) is 19.8 Å². The van der Waals surface area contributed by atoms with E-state index >= 15 is 0 Å². The minimum atomic E-state index is -0.0265. The van der Waals surface area contributed by atoms with E-state index in [9.17, 15) is 4.79 Å². The highest BCUT2D eigenvalue weighted by atomic mass is 32.1. The van der Waals surface area contributed by atoms with Gasteiger partial charge in [-0.25, -0.2) is 0 Å². The molecule has 1 N–H and O–H groups in total. The zero-order valence-electron chi connectivity index (χ0n) is 9.67. The molecule has 90 valence electrons. The molecule has 0 spiro atoms. The quantitative estimate of drug-likeness (QED) is 0.897. The normalized spacial score (nSPS) is 10.5. The van der Waals surface area contributed by atoms with Crippen LogP contribution in [0.4, 0.5) is 5.13 Å². The molecule has 0 unspecified atom stereocenters. The number of amides is 1. The fraction of sp³-hybridized carbons (Fsp3) is 0.400. The first-order valence-corrected chi connectivity index (χ1v) is 6.09. The second-order valence-electron chi connectivity index (χ2n) is 3.62. The van der Waals surface area contributed by atoms with Crippen LogP contribution in [-0.2, 0) is 11.8 Å². The summed E-state index contributed by atoms with van der Waals surface area (Å²) in [5.41, 5.74) is 0.847. The molecule has 0 bridgehead atoms. The minimum absolute atomic E-state index is 0.0265. The van der Waals surface area contributed by atoms with Gasteiger partial charge in [-0.1, -0.05) is 6.92 Å². The third-order valence-electron chi connectivity index (χ3n) is 2.11. The third-order valence-corrected chi connectivity index (χ3v) is 2.74. The first-order chi connectivity index (χ1) is 8.19. The molecule has 0 radical (unpaired) electrons. The summed E-state index contributed by atoms with van der Waals surface area (Å²) in [7, 11) is 1.83. The molecule has 1 amide bonds. The smallest absolute Gasteiger partial charge is 0.226 e. The predicted molar refractivity (Wildman–Crippen MR) is 65.6 cm³/mol. The van der Waals surface area contributed by atoms with Crippen molar-refractivity contribution >= 4 is 22.6 Å². The third kappa shape index (κ3) is 2.88. The highest BCUT2D eigenvalue weighted by Crippen LogP contribution is 2.20. The molecule has 0 atom stereocenters. The Morgan fingerprint density at radius 1 is 1.59 bits per heavy atom. The van der Waals surface area contributed by atoms with Gasteiger partial charge in [0.05, 0.1) is 11.8 Å². The summed E-state index contributed by atoms with van der Waals surface area (Å²) >= 11 is 1.18. The van der Waals surface area contributed by atoms with E-state index in [1.165, 1.54) is 11.5 Å². The Labute approximate surface area is 103 Å². The van der Waals surface area contributed by atoms with E-state index in [-0.39, 0.29) is 5.91 Å². The molecule has 0 aliphatic heterocycles. The van der Waals surface area contributed by atoms with Crippen LogP contribution >= 0.6 is 11.5 Å². The average Bonchev–Trinajstić information content (AvgIpc) is 2.87. The topological polar surface area (TPSA) is 72.7 Å². The van der Waals surface area contributed by atoms with Crippen molar-refractivity contribution in [3.05, 3.63) is 12.4 Å². The van der Waals surface area contributed by atoms with Gasteiger partial charge in [-0.2, -0.15) is 14.5 Å². The Morgan fingerprint density at radius 2 is 2.41 bits per heavy atom. The summed E-state index contributed by atoms with van der Waals surface area (Å²) in [6.45, 7) is 1.96. The SMILES string of the molecule is CCCC(=O)Nc1nc(-c2cnn(C)c2)ns1. The van der Waals surface area contributed by atoms with Crippen LogP contribution in [0.5, 0.6) is 0 Å². The summed E-state index contributed by atoms with van der Waals surface area (Å²) in [6.07, 6.45) is 4.85. The molecule has 2 aromatic heterocycles. The van der Waals surface area contributed by atoms with E-state index in [1.54, 1.807) is 10.9 Å². The Morgan fingerprint density at radius 3 is 3.06 bits per heavy atom. The molecular weight excluding hydrogens is 238 g/mol. The fourth-order valence-corrected chi connectivity index (χ4v) is 1.94. The standard InChI is InChI=1S/C10H13N5OS/c1-3-4-8(16)12-10-13-9(14-17-10)7-5-11-15(2)6-7/h5-6H,3-4H2,1-2H3,(H,12,13,14,16). The van der Waals surface area contributed by atoms with Crippen molar-refractivity contribution in [2.24, 2.45) is 7.05 Å². The van der Waals surface area contributed by atoms with Crippen molar-refractivity contribution in [1.29, 1.82) is 0 Å². The van der Waals surface area contributed by atoms with Gasteiger partial charge in [0, 0.05) is 31.2 Å². The van der Waals surface area contributed by atoms with Crippen molar-refractivity contribution in [1.82, 2.24) is 19.1 Å². The summed E-state index contributed by atoms with van der Waals surface area (Å²) in [5.74, 6) is 0.566. The van der Waals surface area contributed by atoms with Gasteiger partial charge in [0.2, 0.25) is 11.0 Å². The van der Waals surface area contributed by atoms with E-state index in [0.29, 0.717) is 17.4 Å². The number of aryl methyl sites for hydroxylation is 1. The number of nitrogens with one attached hydrogen (secondary N) is 1. The van der Waals surface area contributed by atoms with Gasteiger partial charge in [-0.05, 0) is 6.42 Å². The van der Waals surface area contributed by atoms with Crippen LogP contribution < -0.4 is 5.32 Å². The largest absolute Gasteiger partial charge is 0.301 e. The van der Waals surface area contributed by atoms with Crippen molar-refractivity contribution in [2.75, 3.05) is 5.32 Å². The maximum Gasteiger partial charge on any atom is 0.226 e. The molecule has 0 aromatic carbocycles. The highest BCUT2D eigenvalue weighted by molar-refractivity contribution is 7.10. The Hall–Kier alpha value is -1.76. The summed E-state index contributed by atoms with van der Waals surface area (Å²) in [6, 6.07) is 0. The van der Waals surface area contributed by atoms with Crippen LogP contribution in [0.1, 0.15) is 19.8 Å². The van der Waals surface area contributed by atoms with Crippen LogP contribution in [-0.4, -0.2) is 25.0 Å². The van der Waals surface area contributed by atoms with Gasteiger partial charge in [0.1, 0.15) is 0 Å². The fourth-order valence-electron chi connectivity index (χ4n) is 1.34. The average molecular weight is 251 g/mol. The van der Waals surface area contributed by atoms with Gasteiger partial charge in [0.25, 0.3) is 0 Å². The number of carbonyl (C=O) groups is 1. The van der Waals surface area contributed by atoms with Crippen molar-refractivity contribution in [3.63, 3.8) is 0 Å². The Balaban J connectivity index is 2.08. The van der Waals surface area contributed by atoms with Gasteiger partial charge < -0.3 is 5.32 Å². The summed E-state index contributed by atoms with van der Waals surface area (Å²) in [5, 5.41) is 7.30. The van der Waals surface area contributed by atoms with E-state index < -0.39 is 0 Å². The zero-order chi connectivity index (χ0) is 12.3. The summed E-state index contributed by atoms with van der Waals surface area (Å²) < 4.78 is 5.86. The number of hydrogen-bond donors (Lipinski definition) is 1. The molecule has 2 aromatic rings. The van der Waals surface area contributed by atoms with Gasteiger partial charge in [-0.15, -0.1) is 0 Å². The molecule has 0 saturated carbocycles. The molecule has 0 aliphatic rings. The maximum absolute atomic E-state index is 11.4. The number of rotatable bonds is 4. The monoisotopic (exact) mass is 251 g/mol. The molecule has 0 saturated heterocycles. The predicted octanol–water partition coefficient (Wildman–Crippen LogP) is 1.68. The number of hydrogen-bond acceptors (Lipinski definition) is 5. The van der Waals surface area contributed by atoms with Crippen LogP contribution in [0, 0.1) is 0 Å². The number of aromatic nitrogens is 4. The molecular formula is C10H13N5OS. The first-order valence-electron chi connectivity index (χ1n) is 5.31. The van der Waals surface area contributed by atoms with Crippen molar-refractivity contribution in [2.45, 2.75) is 19.8 Å². The van der Waals surface area contributed by atoms with Crippen molar-refractivity contribution in [3.8, 4) is 11.4 Å². The molecule has 7 heteroatoms. The van der Waals surface area contributed by atoms with Crippen molar-refractivity contribution < 1.29 is 4.79 Å². The van der Waals surface area contributed by atoms with Crippen LogP contribution in [0.2, 0.25) is 0 Å². The molecule has 0 fully saturated rings. The van der Waals surface area contributed by atoms with Crippen LogP contribution in [0.15, 0.2) is 12.4 Å². The number of nitrogens with zero attached hydrogens (tertiary/aromatic N) is 4. The van der Waals surface area contributed by atoms with E-state index in [1.807, 2.05) is 20.2 Å². The Kier molecular flexibility index (Phi) is 3.48. The second-order valence-corrected chi connectivity index (χ2v) is 4.38. The molecule has 0 aliphatic carbocycles. The van der Waals surface area contributed by atoms with E-state index in [4.69, 9.17) is 0 Å². The Bertz CT molecular complexity index is 518. The first kappa shape index (κ1) is 11.7. The molecule has 17 heavy (non-hydrogen) atoms. The maximum atomic E-state index is 11.4. The lowest BCUT2D eigenvalue weighted by Crippen LogP contribution is -2.10. The lowest BCUT2D eigenvalue weighted by molar-refractivity contribution is -0.116.